The van der Waals surface area contributed by atoms with Crippen LogP contribution in [-0.2, 0) is 28.7 Å². The summed E-state index contributed by atoms with van der Waals surface area (Å²) in [6.07, 6.45) is 0.322. The van der Waals surface area contributed by atoms with Crippen LogP contribution >= 0.6 is 0 Å². The van der Waals surface area contributed by atoms with Crippen molar-refractivity contribution in [2.24, 2.45) is 11.1 Å². The first-order valence-corrected chi connectivity index (χ1v) is 10.6. The highest BCUT2D eigenvalue weighted by Gasteiger charge is 2.43. The monoisotopic (exact) mass is 454 g/mol. The molecule has 0 fully saturated rings. The van der Waals surface area contributed by atoms with E-state index in [2.05, 4.69) is 10.3 Å². The Morgan fingerprint density at radius 1 is 1.34 bits per heavy atom. The Morgan fingerprint density at radius 3 is 2.66 bits per heavy atom. The third-order valence-corrected chi connectivity index (χ3v) is 5.58. The number of nitrogens with zero attached hydrogens (tertiary/aromatic N) is 2. The Balaban J connectivity index is 1.72. The van der Waals surface area contributed by atoms with Gasteiger partial charge in [-0.05, 0) is 45.2 Å². The van der Waals surface area contributed by atoms with Crippen LogP contribution in [0.4, 0.5) is 18.0 Å². The minimum atomic E-state index is -4.50. The van der Waals surface area contributed by atoms with Crippen LogP contribution in [0.2, 0.25) is 0 Å². The summed E-state index contributed by atoms with van der Waals surface area (Å²) in [6.45, 7) is 5.86. The summed E-state index contributed by atoms with van der Waals surface area (Å²) in [6, 6.07) is 0.755. The van der Waals surface area contributed by atoms with Gasteiger partial charge in [0.25, 0.3) is 0 Å². The number of fused-ring (bicyclic) bond motifs is 1. The first-order chi connectivity index (χ1) is 14.8. The van der Waals surface area contributed by atoms with Crippen molar-refractivity contribution in [2.75, 3.05) is 13.1 Å². The van der Waals surface area contributed by atoms with Gasteiger partial charge >= 0.3 is 12.3 Å². The fourth-order valence-electron chi connectivity index (χ4n) is 4.09. The zero-order chi connectivity index (χ0) is 23.7. The topological polar surface area (TPSA) is 97.5 Å². The second-order valence-electron chi connectivity index (χ2n) is 9.37. The summed E-state index contributed by atoms with van der Waals surface area (Å²) < 4.78 is 44.5. The standard InChI is InChI=1S/C22H29F3N4O3/c1-20(2,3)32-19(31)27-8-7-21(6-4-16(26)11-21)18(30)29-9-5-17-14(13-29)10-15(12-28-17)22(23,24)25/h4,6,10,12,16H,5,7-9,11,13,26H2,1-3H3,(H,27,31)/t16-,21-/m1/s1. The number of hydrogen-bond donors (Lipinski definition) is 2. The Hall–Kier alpha value is -2.62. The molecule has 2 aliphatic rings. The van der Waals surface area contributed by atoms with Crippen molar-refractivity contribution in [3.8, 4) is 0 Å². The second kappa shape index (κ2) is 8.73. The largest absolute Gasteiger partial charge is 0.444 e. The van der Waals surface area contributed by atoms with E-state index in [4.69, 9.17) is 10.5 Å². The molecule has 0 saturated carbocycles. The first kappa shape index (κ1) is 24.0. The number of nitrogens with two attached hydrogens (primary N) is 1. The van der Waals surface area contributed by atoms with Gasteiger partial charge in [0.1, 0.15) is 5.60 Å². The molecule has 0 saturated heterocycles. The number of aromatic nitrogens is 1. The van der Waals surface area contributed by atoms with Crippen molar-refractivity contribution in [3.05, 3.63) is 41.2 Å². The minimum absolute atomic E-state index is 0.0510. The summed E-state index contributed by atoms with van der Waals surface area (Å²) >= 11 is 0. The zero-order valence-electron chi connectivity index (χ0n) is 18.5. The first-order valence-electron chi connectivity index (χ1n) is 10.6. The lowest BCUT2D eigenvalue weighted by Gasteiger charge is -2.36. The number of halogens is 3. The summed E-state index contributed by atoms with van der Waals surface area (Å²) in [5.74, 6) is -0.212. The maximum atomic E-state index is 13.5. The molecule has 32 heavy (non-hydrogen) atoms. The molecule has 0 spiro atoms. The predicted molar refractivity (Wildman–Crippen MR) is 111 cm³/mol. The number of alkyl carbamates (subject to hydrolysis) is 1. The molecule has 0 bridgehead atoms. The van der Waals surface area contributed by atoms with E-state index in [1.54, 1.807) is 37.8 Å². The number of hydrogen-bond acceptors (Lipinski definition) is 5. The van der Waals surface area contributed by atoms with Gasteiger partial charge < -0.3 is 20.7 Å². The zero-order valence-corrected chi connectivity index (χ0v) is 18.5. The van der Waals surface area contributed by atoms with E-state index in [1.165, 1.54) is 0 Å². The molecular formula is C22H29F3N4O3. The van der Waals surface area contributed by atoms with Crippen LogP contribution in [0.25, 0.3) is 0 Å². The van der Waals surface area contributed by atoms with E-state index in [0.717, 1.165) is 12.3 Å². The molecule has 2 amide bonds. The van der Waals surface area contributed by atoms with Gasteiger partial charge in [-0.1, -0.05) is 12.2 Å². The highest BCUT2D eigenvalue weighted by atomic mass is 19.4. The number of rotatable bonds is 4. The summed E-state index contributed by atoms with van der Waals surface area (Å²) in [5, 5.41) is 2.66. The van der Waals surface area contributed by atoms with Crippen molar-refractivity contribution in [1.29, 1.82) is 0 Å². The van der Waals surface area contributed by atoms with Gasteiger partial charge in [-0.2, -0.15) is 13.2 Å². The highest BCUT2D eigenvalue weighted by Crippen LogP contribution is 2.38. The van der Waals surface area contributed by atoms with Crippen molar-refractivity contribution >= 4 is 12.0 Å². The molecule has 10 heteroatoms. The smallest absolute Gasteiger partial charge is 0.417 e. The third-order valence-electron chi connectivity index (χ3n) is 5.58. The number of carbonyl (C=O) groups excluding carboxylic acids is 2. The van der Waals surface area contributed by atoms with Gasteiger partial charge in [0.2, 0.25) is 5.91 Å². The Bertz CT molecular complexity index is 911. The highest BCUT2D eigenvalue weighted by molar-refractivity contribution is 5.86. The number of nitrogens with one attached hydrogen (secondary N) is 1. The second-order valence-corrected chi connectivity index (χ2v) is 9.37. The maximum Gasteiger partial charge on any atom is 0.417 e. The van der Waals surface area contributed by atoms with E-state index >= 15 is 0 Å². The normalized spacial score (nSPS) is 23.1. The van der Waals surface area contributed by atoms with Crippen molar-refractivity contribution in [1.82, 2.24) is 15.2 Å². The molecule has 1 aliphatic heterocycles. The molecule has 0 aromatic carbocycles. The lowest BCUT2D eigenvalue weighted by atomic mass is 9.81. The van der Waals surface area contributed by atoms with Gasteiger partial charge in [0.05, 0.1) is 11.0 Å². The molecule has 1 aliphatic carbocycles. The van der Waals surface area contributed by atoms with E-state index in [-0.39, 0.29) is 25.0 Å². The van der Waals surface area contributed by atoms with Crippen LogP contribution < -0.4 is 11.1 Å². The molecule has 0 radical (unpaired) electrons. The van der Waals surface area contributed by atoms with Crippen molar-refractivity contribution in [3.63, 3.8) is 0 Å². The van der Waals surface area contributed by atoms with Crippen molar-refractivity contribution in [2.45, 2.75) is 64.4 Å². The summed E-state index contributed by atoms with van der Waals surface area (Å²) in [4.78, 5) is 31.0. The SMILES string of the molecule is CC(C)(C)OC(=O)NCC[C@]1(C(=O)N2CCc3ncc(C(F)(F)F)cc3C2)C=C[C@@H](N)C1. The van der Waals surface area contributed by atoms with Gasteiger partial charge in [0, 0.05) is 44.0 Å². The van der Waals surface area contributed by atoms with Crippen LogP contribution in [0, 0.1) is 5.41 Å². The van der Waals surface area contributed by atoms with Crippen molar-refractivity contribution < 1.29 is 27.5 Å². The number of pyridine rings is 1. The van der Waals surface area contributed by atoms with E-state index in [0.29, 0.717) is 37.1 Å². The molecule has 2 atom stereocenters. The van der Waals surface area contributed by atoms with Crippen LogP contribution in [0.15, 0.2) is 24.4 Å². The Labute approximate surface area is 185 Å². The summed E-state index contributed by atoms with van der Waals surface area (Å²) in [5.41, 5.74) is 4.60. The van der Waals surface area contributed by atoms with E-state index < -0.39 is 28.8 Å². The van der Waals surface area contributed by atoms with Gasteiger partial charge in [0.15, 0.2) is 0 Å². The number of alkyl halides is 3. The fourth-order valence-corrected chi connectivity index (χ4v) is 4.09. The summed E-state index contributed by atoms with van der Waals surface area (Å²) in [7, 11) is 0. The van der Waals surface area contributed by atoms with Crippen LogP contribution in [0.3, 0.4) is 0 Å². The molecular weight excluding hydrogens is 425 g/mol. The van der Waals surface area contributed by atoms with Gasteiger partial charge in [-0.3, -0.25) is 9.78 Å². The van der Waals surface area contributed by atoms with Crippen LogP contribution in [0.5, 0.6) is 0 Å². The van der Waals surface area contributed by atoms with Gasteiger partial charge in [-0.25, -0.2) is 4.79 Å². The molecule has 7 nitrogen and oxygen atoms in total. The molecule has 1 aromatic heterocycles. The fraction of sp³-hybridized carbons (Fsp3) is 0.591. The van der Waals surface area contributed by atoms with Crippen LogP contribution in [0.1, 0.15) is 50.4 Å². The molecule has 0 unspecified atom stereocenters. The van der Waals surface area contributed by atoms with E-state index in [1.807, 2.05) is 0 Å². The maximum absolute atomic E-state index is 13.5. The quantitative estimate of drug-likeness (QED) is 0.681. The third kappa shape index (κ3) is 5.59. The average Bonchev–Trinajstić information content (AvgIpc) is 3.06. The lowest BCUT2D eigenvalue weighted by Crippen LogP contribution is -2.47. The Morgan fingerprint density at radius 2 is 2.06 bits per heavy atom. The molecule has 3 N–H and O–H groups in total. The number of carbonyl (C=O) groups is 2. The molecule has 1 aromatic rings. The van der Waals surface area contributed by atoms with Gasteiger partial charge in [-0.15, -0.1) is 0 Å². The molecule has 2 heterocycles. The predicted octanol–water partition coefficient (Wildman–Crippen LogP) is 3.17. The number of amides is 2. The molecule has 176 valence electrons. The van der Waals surface area contributed by atoms with E-state index in [9.17, 15) is 22.8 Å². The minimum Gasteiger partial charge on any atom is -0.444 e. The van der Waals surface area contributed by atoms with Crippen LogP contribution in [-0.4, -0.2) is 46.6 Å². The molecule has 3 rings (SSSR count). The Kier molecular flexibility index (Phi) is 6.55. The average molecular weight is 454 g/mol. The number of ether oxygens (including phenoxy) is 1. The lowest BCUT2D eigenvalue weighted by molar-refractivity contribution is -0.141.